The molecule has 2 rings (SSSR count). The van der Waals surface area contributed by atoms with Crippen molar-refractivity contribution in [2.45, 2.75) is 6.92 Å². The first-order valence-electron chi connectivity index (χ1n) is 5.24. The van der Waals surface area contributed by atoms with Crippen LogP contribution in [-0.2, 0) is 4.79 Å². The average Bonchev–Trinajstić information content (AvgIpc) is 2.81. The molecular weight excluding hydrogens is 234 g/mol. The first kappa shape index (κ1) is 11.8. The van der Waals surface area contributed by atoms with E-state index in [0.29, 0.717) is 11.4 Å². The molecule has 1 aromatic heterocycles. The summed E-state index contributed by atoms with van der Waals surface area (Å²) < 4.78 is 4.58. The van der Waals surface area contributed by atoms with E-state index in [4.69, 9.17) is 0 Å². The minimum absolute atomic E-state index is 0.171. The number of hydrogen-bond acceptors (Lipinski definition) is 4. The number of carbonyl (C=O) groups is 2. The number of rotatable bonds is 3. The lowest BCUT2D eigenvalue weighted by atomic mass is 10.2. The van der Waals surface area contributed by atoms with Crippen LogP contribution in [0.15, 0.2) is 41.1 Å². The van der Waals surface area contributed by atoms with Crippen molar-refractivity contribution in [3.05, 3.63) is 42.3 Å². The first-order chi connectivity index (χ1) is 8.65. The van der Waals surface area contributed by atoms with Gasteiger partial charge in [0.25, 0.3) is 5.91 Å². The second-order valence-electron chi connectivity index (χ2n) is 3.60. The molecule has 2 amide bonds. The molecule has 6 nitrogen and oxygen atoms in total. The molecule has 18 heavy (non-hydrogen) atoms. The fourth-order valence-electron chi connectivity index (χ4n) is 1.40. The van der Waals surface area contributed by atoms with Crippen LogP contribution in [0.3, 0.4) is 0 Å². The highest BCUT2D eigenvalue weighted by molar-refractivity contribution is 6.03. The number of aromatic nitrogens is 1. The van der Waals surface area contributed by atoms with Crippen molar-refractivity contribution >= 4 is 23.2 Å². The van der Waals surface area contributed by atoms with Gasteiger partial charge < -0.3 is 15.2 Å². The number of nitrogens with one attached hydrogen (secondary N) is 2. The summed E-state index contributed by atoms with van der Waals surface area (Å²) >= 11 is 0. The molecule has 0 spiro atoms. The van der Waals surface area contributed by atoms with Gasteiger partial charge in [-0.25, -0.2) is 0 Å². The summed E-state index contributed by atoms with van der Waals surface area (Å²) in [7, 11) is 0. The smallest absolute Gasteiger partial charge is 0.277 e. The molecule has 0 saturated heterocycles. The van der Waals surface area contributed by atoms with E-state index in [1.165, 1.54) is 19.3 Å². The maximum absolute atomic E-state index is 11.7. The van der Waals surface area contributed by atoms with Crippen LogP contribution in [0, 0.1) is 0 Å². The van der Waals surface area contributed by atoms with Gasteiger partial charge >= 0.3 is 0 Å². The Hall–Kier alpha value is -2.63. The van der Waals surface area contributed by atoms with Crippen LogP contribution in [-0.4, -0.2) is 17.0 Å². The Morgan fingerprint density at radius 1 is 1.17 bits per heavy atom. The number of hydrogen-bond donors (Lipinski definition) is 2. The number of carbonyl (C=O) groups excluding carboxylic acids is 2. The fraction of sp³-hybridized carbons (Fsp3) is 0.0833. The molecule has 92 valence electrons. The van der Waals surface area contributed by atoms with Crippen molar-refractivity contribution in [3.8, 4) is 0 Å². The van der Waals surface area contributed by atoms with Gasteiger partial charge in [0.15, 0.2) is 5.69 Å². The third kappa shape index (κ3) is 2.94. The molecule has 2 aromatic rings. The zero-order chi connectivity index (χ0) is 13.0. The minimum Gasteiger partial charge on any atom is -0.364 e. The van der Waals surface area contributed by atoms with Gasteiger partial charge in [0.2, 0.25) is 5.91 Å². The molecule has 2 N–H and O–H groups in total. The van der Waals surface area contributed by atoms with E-state index in [1.54, 1.807) is 24.3 Å². The van der Waals surface area contributed by atoms with Gasteiger partial charge in [0.05, 0.1) is 0 Å². The largest absolute Gasteiger partial charge is 0.364 e. The Morgan fingerprint density at radius 3 is 2.50 bits per heavy atom. The monoisotopic (exact) mass is 245 g/mol. The Morgan fingerprint density at radius 2 is 1.89 bits per heavy atom. The third-order valence-corrected chi connectivity index (χ3v) is 2.11. The zero-order valence-corrected chi connectivity index (χ0v) is 9.64. The summed E-state index contributed by atoms with van der Waals surface area (Å²) in [6, 6.07) is 8.28. The molecule has 0 aliphatic rings. The maximum atomic E-state index is 11.7. The predicted octanol–water partition coefficient (Wildman–Crippen LogP) is 1.89. The Bertz CT molecular complexity index is 564. The third-order valence-electron chi connectivity index (χ3n) is 2.11. The predicted molar refractivity (Wildman–Crippen MR) is 65.2 cm³/mol. The topological polar surface area (TPSA) is 84.2 Å². The summed E-state index contributed by atoms with van der Waals surface area (Å²) in [5.41, 5.74) is 1.37. The molecule has 1 aromatic carbocycles. The maximum Gasteiger partial charge on any atom is 0.277 e. The molecule has 6 heteroatoms. The van der Waals surface area contributed by atoms with Crippen molar-refractivity contribution in [2.24, 2.45) is 0 Å². The van der Waals surface area contributed by atoms with Gasteiger partial charge in [0.1, 0.15) is 6.26 Å². The van der Waals surface area contributed by atoms with Gasteiger partial charge in [0, 0.05) is 24.4 Å². The zero-order valence-electron chi connectivity index (χ0n) is 9.64. The number of benzene rings is 1. The molecule has 0 radical (unpaired) electrons. The highest BCUT2D eigenvalue weighted by Gasteiger charge is 2.09. The SMILES string of the molecule is CC(=O)Nc1cccc(NC(=O)c2ccon2)c1. The van der Waals surface area contributed by atoms with Crippen LogP contribution in [0.25, 0.3) is 0 Å². The molecule has 0 fully saturated rings. The van der Waals surface area contributed by atoms with E-state index < -0.39 is 0 Å². The van der Waals surface area contributed by atoms with E-state index in [9.17, 15) is 9.59 Å². The van der Waals surface area contributed by atoms with Crippen molar-refractivity contribution in [2.75, 3.05) is 10.6 Å². The van der Waals surface area contributed by atoms with Gasteiger partial charge in [-0.15, -0.1) is 0 Å². The van der Waals surface area contributed by atoms with Gasteiger partial charge in [-0.05, 0) is 18.2 Å². The van der Waals surface area contributed by atoms with E-state index in [-0.39, 0.29) is 17.5 Å². The van der Waals surface area contributed by atoms with Crippen LogP contribution in [0.5, 0.6) is 0 Å². The quantitative estimate of drug-likeness (QED) is 0.864. The summed E-state index contributed by atoms with van der Waals surface area (Å²) in [5, 5.41) is 8.80. The Balaban J connectivity index is 2.10. The summed E-state index contributed by atoms with van der Waals surface area (Å²) in [4.78, 5) is 22.6. The lowest BCUT2D eigenvalue weighted by Crippen LogP contribution is -2.12. The molecule has 0 aliphatic carbocycles. The van der Waals surface area contributed by atoms with Crippen molar-refractivity contribution in [1.29, 1.82) is 0 Å². The van der Waals surface area contributed by atoms with E-state index in [2.05, 4.69) is 20.3 Å². The van der Waals surface area contributed by atoms with Crippen LogP contribution >= 0.6 is 0 Å². The number of anilines is 2. The molecule has 0 saturated carbocycles. The van der Waals surface area contributed by atoms with Gasteiger partial charge in [-0.1, -0.05) is 11.2 Å². The summed E-state index contributed by atoms with van der Waals surface area (Å²) in [6.45, 7) is 1.42. The van der Waals surface area contributed by atoms with Crippen LogP contribution in [0.1, 0.15) is 17.4 Å². The molecule has 0 unspecified atom stereocenters. The Labute approximate surface area is 103 Å². The molecule has 0 atom stereocenters. The highest BCUT2D eigenvalue weighted by atomic mass is 16.5. The van der Waals surface area contributed by atoms with E-state index >= 15 is 0 Å². The highest BCUT2D eigenvalue weighted by Crippen LogP contribution is 2.15. The van der Waals surface area contributed by atoms with E-state index in [0.717, 1.165) is 0 Å². The normalized spacial score (nSPS) is 9.83. The molecular formula is C12H11N3O3. The average molecular weight is 245 g/mol. The molecule has 0 bridgehead atoms. The second-order valence-corrected chi connectivity index (χ2v) is 3.60. The van der Waals surface area contributed by atoms with Crippen LogP contribution < -0.4 is 10.6 Å². The van der Waals surface area contributed by atoms with E-state index in [1.807, 2.05) is 0 Å². The van der Waals surface area contributed by atoms with Crippen molar-refractivity contribution < 1.29 is 14.1 Å². The fourth-order valence-corrected chi connectivity index (χ4v) is 1.40. The second kappa shape index (κ2) is 5.13. The lowest BCUT2D eigenvalue weighted by molar-refractivity contribution is -0.114. The van der Waals surface area contributed by atoms with Crippen LogP contribution in [0.2, 0.25) is 0 Å². The summed E-state index contributed by atoms with van der Waals surface area (Å²) in [5.74, 6) is -0.543. The van der Waals surface area contributed by atoms with Crippen LogP contribution in [0.4, 0.5) is 11.4 Å². The first-order valence-corrected chi connectivity index (χ1v) is 5.24. The lowest BCUT2D eigenvalue weighted by Gasteiger charge is -2.06. The Kier molecular flexibility index (Phi) is 3.38. The molecule has 1 heterocycles. The van der Waals surface area contributed by atoms with Crippen molar-refractivity contribution in [3.63, 3.8) is 0 Å². The standard InChI is InChI=1S/C12H11N3O3/c1-8(16)13-9-3-2-4-10(7-9)14-12(17)11-5-6-18-15-11/h2-7H,1H3,(H,13,16)(H,14,17). The number of nitrogens with zero attached hydrogens (tertiary/aromatic N) is 1. The minimum atomic E-state index is -0.372. The summed E-state index contributed by atoms with van der Waals surface area (Å²) in [6.07, 6.45) is 1.32. The van der Waals surface area contributed by atoms with Gasteiger partial charge in [-0.3, -0.25) is 9.59 Å². The van der Waals surface area contributed by atoms with Crippen molar-refractivity contribution in [1.82, 2.24) is 5.16 Å². The number of amides is 2. The van der Waals surface area contributed by atoms with Gasteiger partial charge in [-0.2, -0.15) is 0 Å². The molecule has 0 aliphatic heterocycles.